The van der Waals surface area contributed by atoms with E-state index < -0.39 is 0 Å². The molecule has 0 radical (unpaired) electrons. The molecule has 4 aromatic rings. The van der Waals surface area contributed by atoms with Crippen molar-refractivity contribution >= 4 is 34.5 Å². The number of rotatable bonds is 6. The zero-order valence-electron chi connectivity index (χ0n) is 16.5. The van der Waals surface area contributed by atoms with Crippen molar-refractivity contribution < 1.29 is 14.6 Å². The number of aromatic hydroxyl groups is 1. The van der Waals surface area contributed by atoms with Gasteiger partial charge in [-0.1, -0.05) is 54.1 Å². The molecule has 4 aromatic carbocycles. The molecule has 0 spiro atoms. The standard InChI is InChI=1S/C25H19ClN2O3/c26-20-10-5-17(6-11-20)16-31-21-12-7-19(8-13-21)25(30)28-27-15-23-22-4-2-1-3-18(22)9-14-24(23)29/h1-15,29H,16H2,(H,28,30)/b27-15+. The number of ether oxygens (including phenoxy) is 1. The van der Waals surface area contributed by atoms with E-state index in [1.807, 2.05) is 54.6 Å². The van der Waals surface area contributed by atoms with Crippen molar-refractivity contribution in [3.8, 4) is 11.5 Å². The molecule has 4 rings (SSSR count). The molecular formula is C25H19ClN2O3. The Labute approximate surface area is 184 Å². The lowest BCUT2D eigenvalue weighted by Crippen LogP contribution is -2.17. The van der Waals surface area contributed by atoms with Gasteiger partial charge in [0.05, 0.1) is 6.21 Å². The molecule has 6 heteroatoms. The van der Waals surface area contributed by atoms with Crippen LogP contribution in [0.25, 0.3) is 10.8 Å². The largest absolute Gasteiger partial charge is 0.507 e. The predicted octanol–water partition coefficient (Wildman–Crippen LogP) is 5.54. The number of amides is 1. The van der Waals surface area contributed by atoms with Crippen molar-refractivity contribution in [2.45, 2.75) is 6.61 Å². The van der Waals surface area contributed by atoms with Gasteiger partial charge in [0.25, 0.3) is 5.91 Å². The van der Waals surface area contributed by atoms with Crippen LogP contribution < -0.4 is 10.2 Å². The fourth-order valence-electron chi connectivity index (χ4n) is 3.09. The Morgan fingerprint density at radius 2 is 1.71 bits per heavy atom. The van der Waals surface area contributed by atoms with Gasteiger partial charge in [0, 0.05) is 16.1 Å². The smallest absolute Gasteiger partial charge is 0.271 e. The van der Waals surface area contributed by atoms with Crippen LogP contribution in [0.3, 0.4) is 0 Å². The summed E-state index contributed by atoms with van der Waals surface area (Å²) >= 11 is 5.88. The second-order valence-corrected chi connectivity index (χ2v) is 7.29. The van der Waals surface area contributed by atoms with Crippen LogP contribution in [0.1, 0.15) is 21.5 Å². The third-order valence-electron chi connectivity index (χ3n) is 4.74. The topological polar surface area (TPSA) is 70.9 Å². The number of carbonyl (C=O) groups is 1. The number of benzene rings is 4. The second kappa shape index (κ2) is 9.32. The number of hydrogen-bond acceptors (Lipinski definition) is 4. The van der Waals surface area contributed by atoms with E-state index in [4.69, 9.17) is 16.3 Å². The van der Waals surface area contributed by atoms with Crippen molar-refractivity contribution in [3.05, 3.63) is 107 Å². The van der Waals surface area contributed by atoms with Crippen LogP contribution in [0.15, 0.2) is 90.0 Å². The lowest BCUT2D eigenvalue weighted by atomic mass is 10.0. The first kappa shape index (κ1) is 20.4. The first-order chi connectivity index (χ1) is 15.1. The van der Waals surface area contributed by atoms with Crippen LogP contribution in [0.4, 0.5) is 0 Å². The summed E-state index contributed by atoms with van der Waals surface area (Å²) in [6.45, 7) is 0.404. The third-order valence-corrected chi connectivity index (χ3v) is 4.99. The Balaban J connectivity index is 1.38. The Bertz CT molecular complexity index is 1240. The number of hydrazone groups is 1. The molecule has 154 valence electrons. The molecule has 0 aromatic heterocycles. The summed E-state index contributed by atoms with van der Waals surface area (Å²) in [5.41, 5.74) is 4.47. The van der Waals surface area contributed by atoms with Crippen LogP contribution in [-0.2, 0) is 6.61 Å². The highest BCUT2D eigenvalue weighted by Gasteiger charge is 2.07. The molecule has 0 aliphatic heterocycles. The minimum absolute atomic E-state index is 0.0962. The van der Waals surface area contributed by atoms with Crippen molar-refractivity contribution in [3.63, 3.8) is 0 Å². The minimum atomic E-state index is -0.361. The Morgan fingerprint density at radius 3 is 2.48 bits per heavy atom. The van der Waals surface area contributed by atoms with E-state index in [1.54, 1.807) is 30.3 Å². The minimum Gasteiger partial charge on any atom is -0.507 e. The summed E-state index contributed by atoms with van der Waals surface area (Å²) in [6.07, 6.45) is 1.44. The highest BCUT2D eigenvalue weighted by Crippen LogP contribution is 2.25. The van der Waals surface area contributed by atoms with Gasteiger partial charge in [0.2, 0.25) is 0 Å². The van der Waals surface area contributed by atoms with Crippen molar-refractivity contribution in [1.29, 1.82) is 0 Å². The van der Waals surface area contributed by atoms with Crippen LogP contribution in [0, 0.1) is 0 Å². The predicted molar refractivity (Wildman–Crippen MR) is 123 cm³/mol. The number of nitrogens with one attached hydrogen (secondary N) is 1. The van der Waals surface area contributed by atoms with E-state index >= 15 is 0 Å². The van der Waals surface area contributed by atoms with Gasteiger partial charge in [-0.15, -0.1) is 0 Å². The van der Waals surface area contributed by atoms with E-state index in [9.17, 15) is 9.90 Å². The summed E-state index contributed by atoms with van der Waals surface area (Å²) in [5.74, 6) is 0.384. The summed E-state index contributed by atoms with van der Waals surface area (Å²) in [7, 11) is 0. The van der Waals surface area contributed by atoms with E-state index in [-0.39, 0.29) is 11.7 Å². The number of phenolic OH excluding ortho intramolecular Hbond substituents is 1. The molecule has 1 amide bonds. The van der Waals surface area contributed by atoms with Crippen LogP contribution in [0.2, 0.25) is 5.02 Å². The second-order valence-electron chi connectivity index (χ2n) is 6.86. The van der Waals surface area contributed by atoms with Gasteiger partial charge < -0.3 is 9.84 Å². The van der Waals surface area contributed by atoms with E-state index in [1.165, 1.54) is 6.21 Å². The molecule has 0 saturated heterocycles. The van der Waals surface area contributed by atoms with Crippen molar-refractivity contribution in [1.82, 2.24) is 5.43 Å². The third kappa shape index (κ3) is 5.02. The molecular weight excluding hydrogens is 412 g/mol. The monoisotopic (exact) mass is 430 g/mol. The summed E-state index contributed by atoms with van der Waals surface area (Å²) in [5, 5.41) is 16.7. The Kier molecular flexibility index (Phi) is 6.15. The molecule has 2 N–H and O–H groups in total. The Hall–Kier alpha value is -3.83. The van der Waals surface area contributed by atoms with E-state index in [2.05, 4.69) is 10.5 Å². The molecule has 0 aliphatic carbocycles. The molecule has 0 aliphatic rings. The van der Waals surface area contributed by atoms with Crippen LogP contribution in [0.5, 0.6) is 11.5 Å². The number of halogens is 1. The quantitative estimate of drug-likeness (QED) is 0.311. The zero-order valence-corrected chi connectivity index (χ0v) is 17.2. The molecule has 5 nitrogen and oxygen atoms in total. The number of phenols is 1. The average Bonchev–Trinajstić information content (AvgIpc) is 2.80. The Morgan fingerprint density at radius 1 is 0.968 bits per heavy atom. The molecule has 0 bridgehead atoms. The number of fused-ring (bicyclic) bond motifs is 1. The average molecular weight is 431 g/mol. The number of nitrogens with zero attached hydrogens (tertiary/aromatic N) is 1. The zero-order chi connectivity index (χ0) is 21.6. The molecule has 0 unspecified atom stereocenters. The summed E-state index contributed by atoms with van der Waals surface area (Å²) in [6, 6.07) is 25.3. The molecule has 0 atom stereocenters. The van der Waals surface area contributed by atoms with Gasteiger partial charge in [0.15, 0.2) is 0 Å². The van der Waals surface area contributed by atoms with Gasteiger partial charge in [-0.05, 0) is 58.8 Å². The molecule has 31 heavy (non-hydrogen) atoms. The fraction of sp³-hybridized carbons (Fsp3) is 0.0400. The first-order valence-corrected chi connectivity index (χ1v) is 9.99. The van der Waals surface area contributed by atoms with Crippen LogP contribution in [-0.4, -0.2) is 17.2 Å². The van der Waals surface area contributed by atoms with Crippen LogP contribution >= 0.6 is 11.6 Å². The maximum atomic E-state index is 12.4. The highest BCUT2D eigenvalue weighted by molar-refractivity contribution is 6.30. The van der Waals surface area contributed by atoms with E-state index in [0.29, 0.717) is 28.5 Å². The SMILES string of the molecule is O=C(N/N=C/c1c(O)ccc2ccccc12)c1ccc(OCc2ccc(Cl)cc2)cc1. The number of hydrogen-bond donors (Lipinski definition) is 2. The maximum absolute atomic E-state index is 12.4. The van der Waals surface area contributed by atoms with Gasteiger partial charge in [-0.2, -0.15) is 5.10 Å². The maximum Gasteiger partial charge on any atom is 0.271 e. The van der Waals surface area contributed by atoms with Crippen molar-refractivity contribution in [2.24, 2.45) is 5.10 Å². The first-order valence-electron chi connectivity index (χ1n) is 9.61. The van der Waals surface area contributed by atoms with Crippen molar-refractivity contribution in [2.75, 3.05) is 0 Å². The molecule has 0 fully saturated rings. The summed E-state index contributed by atoms with van der Waals surface area (Å²) in [4.78, 5) is 12.4. The fourth-order valence-corrected chi connectivity index (χ4v) is 3.22. The normalized spacial score (nSPS) is 11.0. The van der Waals surface area contributed by atoms with Gasteiger partial charge in [-0.25, -0.2) is 5.43 Å². The highest BCUT2D eigenvalue weighted by atomic mass is 35.5. The lowest BCUT2D eigenvalue weighted by Gasteiger charge is -2.07. The summed E-state index contributed by atoms with van der Waals surface area (Å²) < 4.78 is 5.73. The number of carbonyl (C=O) groups excluding carboxylic acids is 1. The molecule has 0 heterocycles. The van der Waals surface area contributed by atoms with Gasteiger partial charge in [-0.3, -0.25) is 4.79 Å². The molecule has 0 saturated carbocycles. The van der Waals surface area contributed by atoms with E-state index in [0.717, 1.165) is 16.3 Å². The van der Waals surface area contributed by atoms with Gasteiger partial charge in [0.1, 0.15) is 18.1 Å². The lowest BCUT2D eigenvalue weighted by molar-refractivity contribution is 0.0955. The van der Waals surface area contributed by atoms with Gasteiger partial charge >= 0.3 is 0 Å².